The Labute approximate surface area is 191 Å². The third-order valence-corrected chi connectivity index (χ3v) is 7.14. The van der Waals surface area contributed by atoms with Crippen molar-refractivity contribution >= 4 is 11.8 Å². The van der Waals surface area contributed by atoms with E-state index in [1.807, 2.05) is 30.3 Å². The minimum atomic E-state index is -0.744. The normalized spacial score (nSPS) is 25.2. The van der Waals surface area contributed by atoms with Gasteiger partial charge in [-0.2, -0.15) is 0 Å². The van der Waals surface area contributed by atoms with Gasteiger partial charge in [0.1, 0.15) is 24.5 Å². The Morgan fingerprint density at radius 2 is 1.66 bits per heavy atom. The van der Waals surface area contributed by atoms with Crippen LogP contribution in [0.15, 0.2) is 30.3 Å². The predicted octanol–water partition coefficient (Wildman–Crippen LogP) is 2.28. The highest BCUT2D eigenvalue weighted by molar-refractivity contribution is 5.88. The number of hydrogen-bond acceptors (Lipinski definition) is 5. The molecule has 7 heteroatoms. The maximum absolute atomic E-state index is 13.4. The largest absolute Gasteiger partial charge is 0.491 e. The average molecular weight is 444 g/mol. The van der Waals surface area contributed by atoms with Crippen molar-refractivity contribution in [1.82, 2.24) is 14.7 Å². The van der Waals surface area contributed by atoms with E-state index in [0.717, 1.165) is 38.9 Å². The van der Waals surface area contributed by atoms with Crippen LogP contribution >= 0.6 is 0 Å². The molecule has 2 amide bonds. The smallest absolute Gasteiger partial charge is 0.245 e. The fraction of sp³-hybridized carbons (Fsp3) is 0.680. The van der Waals surface area contributed by atoms with E-state index in [-0.39, 0.29) is 30.5 Å². The van der Waals surface area contributed by atoms with Crippen molar-refractivity contribution in [1.29, 1.82) is 0 Å². The number of para-hydroxylation sites is 1. The van der Waals surface area contributed by atoms with Gasteiger partial charge >= 0.3 is 0 Å². The second kappa shape index (κ2) is 11.1. The van der Waals surface area contributed by atoms with E-state index in [2.05, 4.69) is 4.90 Å². The molecule has 1 N–H and O–H groups in total. The zero-order valence-electron chi connectivity index (χ0n) is 19.0. The van der Waals surface area contributed by atoms with Crippen molar-refractivity contribution in [3.8, 4) is 5.75 Å². The molecule has 0 saturated carbocycles. The summed E-state index contributed by atoms with van der Waals surface area (Å²) in [5.41, 5.74) is 0. The van der Waals surface area contributed by atoms with E-state index >= 15 is 0 Å². The van der Waals surface area contributed by atoms with Crippen LogP contribution in [-0.4, -0.2) is 89.1 Å². The molecule has 1 unspecified atom stereocenters. The molecule has 0 aromatic heterocycles. The highest BCUT2D eigenvalue weighted by Gasteiger charge is 2.41. The molecule has 3 aliphatic rings. The summed E-state index contributed by atoms with van der Waals surface area (Å²) in [4.78, 5) is 32.4. The van der Waals surface area contributed by atoms with E-state index in [1.165, 1.54) is 19.3 Å². The number of carbonyl (C=O) groups is 2. The van der Waals surface area contributed by atoms with Gasteiger partial charge in [0, 0.05) is 26.1 Å². The molecular weight excluding hydrogens is 406 g/mol. The Balaban J connectivity index is 1.31. The molecule has 0 radical (unpaired) electrons. The molecule has 0 spiro atoms. The Kier molecular flexibility index (Phi) is 8.03. The lowest BCUT2D eigenvalue weighted by Crippen LogP contribution is -2.52. The first-order valence-electron chi connectivity index (χ1n) is 12.3. The van der Waals surface area contributed by atoms with Gasteiger partial charge in [0.15, 0.2) is 0 Å². The number of aliphatic hydroxyl groups is 1. The minimum Gasteiger partial charge on any atom is -0.491 e. The molecule has 3 atom stereocenters. The zero-order chi connectivity index (χ0) is 22.3. The molecule has 4 rings (SSSR count). The lowest BCUT2D eigenvalue weighted by Gasteiger charge is -2.34. The highest BCUT2D eigenvalue weighted by atomic mass is 16.5. The van der Waals surface area contributed by atoms with Crippen molar-refractivity contribution in [3.63, 3.8) is 0 Å². The monoisotopic (exact) mass is 443 g/mol. The average Bonchev–Trinajstić information content (AvgIpc) is 3.52. The van der Waals surface area contributed by atoms with Crippen molar-refractivity contribution in [3.05, 3.63) is 30.3 Å². The summed E-state index contributed by atoms with van der Waals surface area (Å²) in [5.74, 6) is 0.800. The van der Waals surface area contributed by atoms with Crippen LogP contribution in [0.5, 0.6) is 5.75 Å². The Morgan fingerprint density at radius 3 is 2.44 bits per heavy atom. The summed E-state index contributed by atoms with van der Waals surface area (Å²) in [6, 6.07) is 8.78. The fourth-order valence-corrected chi connectivity index (χ4v) is 5.37. The van der Waals surface area contributed by atoms with Crippen molar-refractivity contribution < 1.29 is 19.4 Å². The maximum Gasteiger partial charge on any atom is 0.245 e. The molecule has 1 aromatic carbocycles. The highest BCUT2D eigenvalue weighted by Crippen LogP contribution is 2.27. The number of ether oxygens (including phenoxy) is 1. The van der Waals surface area contributed by atoms with Gasteiger partial charge in [-0.05, 0) is 63.7 Å². The Bertz CT molecular complexity index is 753. The predicted molar refractivity (Wildman–Crippen MR) is 122 cm³/mol. The van der Waals surface area contributed by atoms with E-state index in [0.29, 0.717) is 31.7 Å². The third kappa shape index (κ3) is 5.62. The van der Waals surface area contributed by atoms with Crippen molar-refractivity contribution in [2.75, 3.05) is 39.3 Å². The zero-order valence-corrected chi connectivity index (χ0v) is 19.0. The van der Waals surface area contributed by atoms with Gasteiger partial charge in [-0.15, -0.1) is 0 Å². The molecular formula is C25H37N3O4. The second-order valence-corrected chi connectivity index (χ2v) is 9.33. The third-order valence-electron chi connectivity index (χ3n) is 7.14. The fourth-order valence-electron chi connectivity index (χ4n) is 5.37. The Hall–Kier alpha value is -2.12. The van der Waals surface area contributed by atoms with Crippen molar-refractivity contribution in [2.24, 2.45) is 0 Å². The molecule has 3 aliphatic heterocycles. The molecule has 1 aromatic rings. The standard InChI is InChI=1S/C25H37N3O4/c29-23(19-32-20-9-3-1-4-10-20)21-11-7-17-28(21)25(31)22-12-8-16-27(22)24(30)13-18-26-14-5-2-6-15-26/h1,3-4,9-10,21-23,29H,2,5-8,11-19H2/t21-,22-,23?/m0/s1. The number of piperidine rings is 1. The molecule has 0 aliphatic carbocycles. The number of hydrogen-bond donors (Lipinski definition) is 1. The maximum atomic E-state index is 13.4. The molecule has 3 saturated heterocycles. The summed E-state index contributed by atoms with van der Waals surface area (Å²) < 4.78 is 5.73. The van der Waals surface area contributed by atoms with E-state index in [1.54, 1.807) is 9.80 Å². The number of nitrogens with zero attached hydrogens (tertiary/aromatic N) is 3. The lowest BCUT2D eigenvalue weighted by atomic mass is 10.1. The summed E-state index contributed by atoms with van der Waals surface area (Å²) in [7, 11) is 0. The summed E-state index contributed by atoms with van der Waals surface area (Å²) >= 11 is 0. The summed E-state index contributed by atoms with van der Waals surface area (Å²) in [6.45, 7) is 4.40. The van der Waals surface area contributed by atoms with Gasteiger partial charge in [0.2, 0.25) is 11.8 Å². The molecule has 7 nitrogen and oxygen atoms in total. The number of carbonyl (C=O) groups excluding carboxylic acids is 2. The topological polar surface area (TPSA) is 73.3 Å². The summed E-state index contributed by atoms with van der Waals surface area (Å²) in [5, 5.41) is 10.8. The van der Waals surface area contributed by atoms with Crippen LogP contribution in [-0.2, 0) is 9.59 Å². The van der Waals surface area contributed by atoms with Crippen LogP contribution in [0.3, 0.4) is 0 Å². The lowest BCUT2D eigenvalue weighted by molar-refractivity contribution is -0.146. The van der Waals surface area contributed by atoms with Gasteiger partial charge in [0.25, 0.3) is 0 Å². The van der Waals surface area contributed by atoms with Gasteiger partial charge in [-0.3, -0.25) is 9.59 Å². The number of amides is 2. The van der Waals surface area contributed by atoms with Crippen LogP contribution in [0.1, 0.15) is 51.4 Å². The van der Waals surface area contributed by atoms with E-state index in [4.69, 9.17) is 4.74 Å². The SMILES string of the molecule is O=C(CCN1CCCCC1)N1CCC[C@H]1C(=O)N1CCC[C@H]1C(O)COc1ccccc1. The van der Waals surface area contributed by atoms with Gasteiger partial charge in [-0.25, -0.2) is 0 Å². The van der Waals surface area contributed by atoms with Crippen LogP contribution in [0, 0.1) is 0 Å². The first-order chi connectivity index (χ1) is 15.6. The van der Waals surface area contributed by atoms with E-state index in [9.17, 15) is 14.7 Å². The Morgan fingerprint density at radius 1 is 0.938 bits per heavy atom. The number of likely N-dealkylation sites (tertiary alicyclic amines) is 3. The molecule has 32 heavy (non-hydrogen) atoms. The summed E-state index contributed by atoms with van der Waals surface area (Å²) in [6.07, 6.45) is 6.67. The number of aliphatic hydroxyl groups excluding tert-OH is 1. The van der Waals surface area contributed by atoms with Crippen LogP contribution in [0.25, 0.3) is 0 Å². The van der Waals surface area contributed by atoms with Gasteiger partial charge in [0.05, 0.1) is 6.04 Å². The first-order valence-corrected chi connectivity index (χ1v) is 12.3. The molecule has 0 bridgehead atoms. The second-order valence-electron chi connectivity index (χ2n) is 9.33. The molecule has 3 heterocycles. The van der Waals surface area contributed by atoms with Gasteiger partial charge in [-0.1, -0.05) is 24.6 Å². The first kappa shape index (κ1) is 23.1. The van der Waals surface area contributed by atoms with Crippen LogP contribution < -0.4 is 4.74 Å². The number of rotatable bonds is 8. The van der Waals surface area contributed by atoms with Gasteiger partial charge < -0.3 is 24.5 Å². The van der Waals surface area contributed by atoms with Crippen molar-refractivity contribution in [2.45, 2.75) is 69.6 Å². The quantitative estimate of drug-likeness (QED) is 0.667. The molecule has 176 valence electrons. The minimum absolute atomic E-state index is 0.00455. The number of benzene rings is 1. The van der Waals surface area contributed by atoms with Crippen LogP contribution in [0.2, 0.25) is 0 Å². The van der Waals surface area contributed by atoms with Crippen LogP contribution in [0.4, 0.5) is 0 Å². The van der Waals surface area contributed by atoms with E-state index < -0.39 is 6.10 Å². The molecule has 3 fully saturated rings.